The van der Waals surface area contributed by atoms with Gasteiger partial charge in [-0.05, 0) is 31.9 Å². The van der Waals surface area contributed by atoms with E-state index in [-0.39, 0.29) is 16.6 Å². The third-order valence-electron chi connectivity index (χ3n) is 4.50. The van der Waals surface area contributed by atoms with Crippen LogP contribution in [0.3, 0.4) is 0 Å². The van der Waals surface area contributed by atoms with E-state index in [4.69, 9.17) is 4.52 Å². The summed E-state index contributed by atoms with van der Waals surface area (Å²) >= 11 is 0. The van der Waals surface area contributed by atoms with E-state index in [1.54, 1.807) is 0 Å². The Labute approximate surface area is 139 Å². The van der Waals surface area contributed by atoms with Gasteiger partial charge in [0, 0.05) is 24.6 Å². The Morgan fingerprint density at radius 2 is 1.83 bits per heavy atom. The number of hydrogen-bond acceptors (Lipinski definition) is 6. The molecule has 1 aliphatic carbocycles. The van der Waals surface area contributed by atoms with E-state index < -0.39 is 10.0 Å². The molecule has 0 atom stereocenters. The molecule has 1 aliphatic heterocycles. The Kier molecular flexibility index (Phi) is 3.54. The first-order valence-corrected chi connectivity index (χ1v) is 9.34. The van der Waals surface area contributed by atoms with Crippen LogP contribution in [0.1, 0.15) is 53.7 Å². The molecule has 2 aliphatic rings. The Morgan fingerprint density at radius 1 is 1.17 bits per heavy atom. The lowest BCUT2D eigenvalue weighted by Gasteiger charge is -2.35. The smallest absolute Gasteiger partial charge is 0.243 e. The maximum absolute atomic E-state index is 12.6. The molecule has 126 valence electrons. The second kappa shape index (κ2) is 5.49. The monoisotopic (exact) mass is 347 g/mol. The van der Waals surface area contributed by atoms with Crippen LogP contribution in [0.5, 0.6) is 0 Å². The standard InChI is InChI=1S/C16H17N3O4S/c1-10(20)11-4-6-14(7-5-11)24(21,22)19-8-13(9-19)16-17-15(18-23-16)12-2-3-12/h4-7,12-13H,2-3,8-9H2,1H3. The molecule has 8 heteroatoms. The minimum Gasteiger partial charge on any atom is -0.339 e. The van der Waals surface area contributed by atoms with E-state index in [2.05, 4.69) is 10.1 Å². The van der Waals surface area contributed by atoms with Crippen LogP contribution < -0.4 is 0 Å². The van der Waals surface area contributed by atoms with Crippen molar-refractivity contribution in [3.63, 3.8) is 0 Å². The normalized spacial score (nSPS) is 19.2. The molecule has 1 aromatic heterocycles. The molecular weight excluding hydrogens is 330 g/mol. The molecule has 1 saturated carbocycles. The predicted molar refractivity (Wildman–Crippen MR) is 84.2 cm³/mol. The van der Waals surface area contributed by atoms with Gasteiger partial charge < -0.3 is 4.52 Å². The average molecular weight is 347 g/mol. The predicted octanol–water partition coefficient (Wildman–Crippen LogP) is 1.94. The minimum atomic E-state index is -3.55. The highest BCUT2D eigenvalue weighted by Gasteiger charge is 2.41. The number of rotatable bonds is 5. The Balaban J connectivity index is 1.45. The zero-order valence-electron chi connectivity index (χ0n) is 13.2. The van der Waals surface area contributed by atoms with Gasteiger partial charge in [-0.2, -0.15) is 9.29 Å². The van der Waals surface area contributed by atoms with Gasteiger partial charge in [-0.25, -0.2) is 8.42 Å². The van der Waals surface area contributed by atoms with Crippen molar-refractivity contribution in [3.8, 4) is 0 Å². The number of benzene rings is 1. The Bertz CT molecular complexity index is 878. The van der Waals surface area contributed by atoms with Gasteiger partial charge in [-0.15, -0.1) is 0 Å². The van der Waals surface area contributed by atoms with Crippen molar-refractivity contribution in [1.29, 1.82) is 0 Å². The maximum Gasteiger partial charge on any atom is 0.243 e. The van der Waals surface area contributed by atoms with Crippen LogP contribution in [-0.4, -0.2) is 41.7 Å². The molecule has 1 aromatic carbocycles. The van der Waals surface area contributed by atoms with Gasteiger partial charge >= 0.3 is 0 Å². The number of carbonyl (C=O) groups excluding carboxylic acids is 1. The zero-order valence-corrected chi connectivity index (χ0v) is 14.0. The van der Waals surface area contributed by atoms with Crippen LogP contribution in [-0.2, 0) is 10.0 Å². The highest BCUT2D eigenvalue weighted by molar-refractivity contribution is 7.89. The van der Waals surface area contributed by atoms with Crippen LogP contribution in [0.2, 0.25) is 0 Å². The van der Waals surface area contributed by atoms with E-state index >= 15 is 0 Å². The van der Waals surface area contributed by atoms with Gasteiger partial charge in [0.25, 0.3) is 0 Å². The fourth-order valence-corrected chi connectivity index (χ4v) is 4.25. The first-order chi connectivity index (χ1) is 11.4. The van der Waals surface area contributed by atoms with Gasteiger partial charge in [0.05, 0.1) is 10.8 Å². The van der Waals surface area contributed by atoms with Gasteiger partial charge in [0.2, 0.25) is 15.9 Å². The lowest BCUT2D eigenvalue weighted by Crippen LogP contribution is -2.48. The number of aromatic nitrogens is 2. The Morgan fingerprint density at radius 3 is 2.42 bits per heavy atom. The summed E-state index contributed by atoms with van der Waals surface area (Å²) in [7, 11) is -3.55. The summed E-state index contributed by atoms with van der Waals surface area (Å²) in [5.41, 5.74) is 0.494. The number of hydrogen-bond donors (Lipinski definition) is 0. The largest absolute Gasteiger partial charge is 0.339 e. The van der Waals surface area contributed by atoms with E-state index in [1.165, 1.54) is 35.5 Å². The molecule has 7 nitrogen and oxygen atoms in total. The first-order valence-electron chi connectivity index (χ1n) is 7.90. The molecule has 0 bridgehead atoms. The van der Waals surface area contributed by atoms with Crippen LogP contribution in [0.15, 0.2) is 33.7 Å². The fraction of sp³-hybridized carbons (Fsp3) is 0.438. The maximum atomic E-state index is 12.6. The summed E-state index contributed by atoms with van der Waals surface area (Å²) < 4.78 is 31.8. The average Bonchev–Trinajstić information content (AvgIpc) is 3.25. The van der Waals surface area contributed by atoms with Crippen molar-refractivity contribution in [3.05, 3.63) is 41.5 Å². The molecule has 4 rings (SSSR count). The highest BCUT2D eigenvalue weighted by Crippen LogP contribution is 2.39. The van der Waals surface area contributed by atoms with E-state index in [1.807, 2.05) is 0 Å². The minimum absolute atomic E-state index is 0.0451. The lowest BCUT2D eigenvalue weighted by atomic mass is 10.0. The fourth-order valence-electron chi connectivity index (χ4n) is 2.72. The molecule has 0 unspecified atom stereocenters. The number of sulfonamides is 1. The van der Waals surface area contributed by atoms with Gasteiger partial charge in [0.15, 0.2) is 11.6 Å². The van der Waals surface area contributed by atoms with Gasteiger partial charge in [0.1, 0.15) is 0 Å². The Hall–Kier alpha value is -2.06. The summed E-state index contributed by atoms with van der Waals surface area (Å²) in [5.74, 6) is 1.55. The molecule has 2 fully saturated rings. The van der Waals surface area contributed by atoms with Crippen molar-refractivity contribution in [2.24, 2.45) is 0 Å². The third-order valence-corrected chi connectivity index (χ3v) is 6.34. The second-order valence-corrected chi connectivity index (χ2v) is 8.30. The molecule has 2 aromatic rings. The van der Waals surface area contributed by atoms with Crippen LogP contribution in [0.4, 0.5) is 0 Å². The number of Topliss-reactive ketones (excluding diaryl/α,β-unsaturated/α-hetero) is 1. The van der Waals surface area contributed by atoms with Crippen molar-refractivity contribution in [2.75, 3.05) is 13.1 Å². The summed E-state index contributed by atoms with van der Waals surface area (Å²) in [6.45, 7) is 2.12. The van der Waals surface area contributed by atoms with Crippen LogP contribution in [0, 0.1) is 0 Å². The summed E-state index contributed by atoms with van der Waals surface area (Å²) in [5, 5.41) is 3.97. The van der Waals surface area contributed by atoms with E-state index in [9.17, 15) is 13.2 Å². The molecule has 0 amide bonds. The lowest BCUT2D eigenvalue weighted by molar-refractivity contribution is 0.101. The van der Waals surface area contributed by atoms with Crippen molar-refractivity contribution < 1.29 is 17.7 Å². The molecule has 0 radical (unpaired) electrons. The number of carbonyl (C=O) groups is 1. The van der Waals surface area contributed by atoms with Crippen LogP contribution >= 0.6 is 0 Å². The number of nitrogens with zero attached hydrogens (tertiary/aromatic N) is 3. The summed E-state index contributed by atoms with van der Waals surface area (Å²) in [4.78, 5) is 15.8. The number of ketones is 1. The molecule has 2 heterocycles. The zero-order chi connectivity index (χ0) is 16.9. The second-order valence-electron chi connectivity index (χ2n) is 6.36. The van der Waals surface area contributed by atoms with Crippen molar-refractivity contribution >= 4 is 15.8 Å². The van der Waals surface area contributed by atoms with E-state index in [0.717, 1.165) is 18.7 Å². The van der Waals surface area contributed by atoms with Crippen LogP contribution in [0.25, 0.3) is 0 Å². The summed E-state index contributed by atoms with van der Waals surface area (Å²) in [6.07, 6.45) is 2.20. The molecule has 24 heavy (non-hydrogen) atoms. The third kappa shape index (κ3) is 2.65. The van der Waals surface area contributed by atoms with Gasteiger partial charge in [-0.3, -0.25) is 4.79 Å². The van der Waals surface area contributed by atoms with Crippen molar-refractivity contribution in [2.45, 2.75) is 36.5 Å². The van der Waals surface area contributed by atoms with Gasteiger partial charge in [-0.1, -0.05) is 17.3 Å². The molecule has 0 spiro atoms. The molecule has 0 N–H and O–H groups in total. The SMILES string of the molecule is CC(=O)c1ccc(S(=O)(=O)N2CC(c3nc(C4CC4)no3)C2)cc1. The highest BCUT2D eigenvalue weighted by atomic mass is 32.2. The topological polar surface area (TPSA) is 93.4 Å². The molecule has 1 saturated heterocycles. The summed E-state index contributed by atoms with van der Waals surface area (Å²) in [6, 6.07) is 6.01. The molecular formula is C16H17N3O4S. The quantitative estimate of drug-likeness (QED) is 0.767. The first kappa shape index (κ1) is 15.5. The van der Waals surface area contributed by atoms with E-state index in [0.29, 0.717) is 30.5 Å². The van der Waals surface area contributed by atoms with Crippen molar-refractivity contribution in [1.82, 2.24) is 14.4 Å².